The lowest BCUT2D eigenvalue weighted by Crippen LogP contribution is -2.35. The van der Waals surface area contributed by atoms with Gasteiger partial charge < -0.3 is 21.7 Å². The summed E-state index contributed by atoms with van der Waals surface area (Å²) in [5, 5.41) is 8.19. The van der Waals surface area contributed by atoms with E-state index in [-0.39, 0.29) is 11.8 Å². The zero-order valence-corrected chi connectivity index (χ0v) is 21.1. The number of nitrogens with two attached hydrogens (primary N) is 1. The standard InChI is InChI=1S/C18H17N3O2.C10H12F2N2O/c1-2-15(22)20-13-6-5-11-9-18(10-12(11)8-13)14-4-3-7-19-16(14)21-17(18)23;1-6(13)10(14-5-15)7-2-8(11)4-9(12)3-7/h3-8H,2,9-10H2,1H3,(H,20,22)(H,19,21,23);2-6,10H,13H2,1H3,(H,14,15). The number of amides is 3. The van der Waals surface area contributed by atoms with Crippen LogP contribution in [0.1, 0.15) is 48.6 Å². The van der Waals surface area contributed by atoms with Gasteiger partial charge >= 0.3 is 0 Å². The van der Waals surface area contributed by atoms with E-state index in [4.69, 9.17) is 5.73 Å². The number of carbonyl (C=O) groups is 3. The molecule has 8 nitrogen and oxygen atoms in total. The van der Waals surface area contributed by atoms with Crippen molar-refractivity contribution in [1.82, 2.24) is 10.3 Å². The highest BCUT2D eigenvalue weighted by Crippen LogP contribution is 2.46. The van der Waals surface area contributed by atoms with Crippen LogP contribution in [0.15, 0.2) is 54.7 Å². The molecule has 0 saturated carbocycles. The van der Waals surface area contributed by atoms with Crippen molar-refractivity contribution in [2.75, 3.05) is 10.6 Å². The van der Waals surface area contributed by atoms with Gasteiger partial charge in [0, 0.05) is 36.0 Å². The number of aromatic nitrogens is 1. The van der Waals surface area contributed by atoms with Crippen LogP contribution in [-0.4, -0.2) is 29.3 Å². The number of pyridine rings is 1. The van der Waals surface area contributed by atoms with E-state index in [2.05, 4.69) is 20.9 Å². The second kappa shape index (κ2) is 11.1. The number of fused-ring (bicyclic) bond motifs is 3. The Morgan fingerprint density at radius 3 is 2.53 bits per heavy atom. The number of hydrogen-bond donors (Lipinski definition) is 4. The van der Waals surface area contributed by atoms with E-state index in [1.165, 1.54) is 0 Å². The average Bonchev–Trinajstić information content (AvgIpc) is 3.39. The first-order valence-corrected chi connectivity index (χ1v) is 12.3. The number of hydrogen-bond acceptors (Lipinski definition) is 5. The van der Waals surface area contributed by atoms with Crippen molar-refractivity contribution in [3.8, 4) is 0 Å². The molecule has 38 heavy (non-hydrogen) atoms. The molecule has 0 bridgehead atoms. The van der Waals surface area contributed by atoms with Crippen molar-refractivity contribution in [2.45, 2.75) is 50.6 Å². The van der Waals surface area contributed by atoms with E-state index >= 15 is 0 Å². The lowest BCUT2D eigenvalue weighted by Gasteiger charge is -2.20. The molecule has 5 rings (SSSR count). The molecule has 2 aromatic carbocycles. The Labute approximate surface area is 219 Å². The molecule has 3 unspecified atom stereocenters. The fraction of sp³-hybridized carbons (Fsp3) is 0.286. The molecule has 1 spiro atoms. The molecule has 5 N–H and O–H groups in total. The van der Waals surface area contributed by atoms with Crippen molar-refractivity contribution < 1.29 is 23.2 Å². The molecule has 1 aliphatic carbocycles. The smallest absolute Gasteiger partial charge is 0.237 e. The molecule has 1 aromatic heterocycles. The summed E-state index contributed by atoms with van der Waals surface area (Å²) >= 11 is 0. The van der Waals surface area contributed by atoms with Crippen molar-refractivity contribution in [1.29, 1.82) is 0 Å². The normalized spacial score (nSPS) is 18.4. The van der Waals surface area contributed by atoms with E-state index in [0.29, 0.717) is 37.1 Å². The summed E-state index contributed by atoms with van der Waals surface area (Å²) in [6, 6.07) is 11.8. The van der Waals surface area contributed by atoms with Gasteiger partial charge in [-0.3, -0.25) is 14.4 Å². The Kier molecular flexibility index (Phi) is 7.82. The zero-order valence-electron chi connectivity index (χ0n) is 21.1. The van der Waals surface area contributed by atoms with Crippen LogP contribution in [0.25, 0.3) is 0 Å². The van der Waals surface area contributed by atoms with E-state index in [0.717, 1.165) is 40.6 Å². The number of carbonyl (C=O) groups excluding carboxylic acids is 3. The van der Waals surface area contributed by atoms with E-state index < -0.39 is 29.1 Å². The molecular formula is C28H29F2N5O3. The molecule has 0 radical (unpaired) electrons. The van der Waals surface area contributed by atoms with Gasteiger partial charge in [0.25, 0.3) is 0 Å². The lowest BCUT2D eigenvalue weighted by molar-refractivity contribution is -0.120. The maximum atomic E-state index is 12.9. The van der Waals surface area contributed by atoms with Gasteiger partial charge in [0.05, 0.1) is 11.5 Å². The van der Waals surface area contributed by atoms with Crippen molar-refractivity contribution >= 4 is 29.7 Å². The van der Waals surface area contributed by atoms with Crippen LogP contribution in [0.4, 0.5) is 20.3 Å². The van der Waals surface area contributed by atoms with Crippen LogP contribution in [0.5, 0.6) is 0 Å². The second-order valence-electron chi connectivity index (χ2n) is 9.50. The molecule has 198 valence electrons. The highest BCUT2D eigenvalue weighted by atomic mass is 19.1. The SMILES string of the molecule is CC(N)C(NC=O)c1cc(F)cc(F)c1.CCC(=O)Nc1ccc2c(c1)CC1(C2)C(=O)Nc2ncccc21. The third-order valence-electron chi connectivity index (χ3n) is 6.80. The van der Waals surface area contributed by atoms with Crippen molar-refractivity contribution in [3.05, 3.63) is 88.6 Å². The zero-order chi connectivity index (χ0) is 27.4. The molecule has 1 aliphatic heterocycles. The molecule has 3 atom stereocenters. The quantitative estimate of drug-likeness (QED) is 0.369. The van der Waals surface area contributed by atoms with Crippen LogP contribution in [0, 0.1) is 11.6 Å². The largest absolute Gasteiger partial charge is 0.350 e. The Hall–Kier alpha value is -4.18. The summed E-state index contributed by atoms with van der Waals surface area (Å²) in [7, 11) is 0. The van der Waals surface area contributed by atoms with E-state index in [1.807, 2.05) is 37.3 Å². The van der Waals surface area contributed by atoms with Gasteiger partial charge in [-0.25, -0.2) is 13.8 Å². The summed E-state index contributed by atoms with van der Waals surface area (Å²) in [5.41, 5.74) is 9.38. The van der Waals surface area contributed by atoms with Gasteiger partial charge in [-0.1, -0.05) is 19.1 Å². The second-order valence-corrected chi connectivity index (χ2v) is 9.50. The molecule has 10 heteroatoms. The number of nitrogens with zero attached hydrogens (tertiary/aromatic N) is 1. The van der Waals surface area contributed by atoms with Gasteiger partial charge in [-0.15, -0.1) is 0 Å². The minimum absolute atomic E-state index is 0.00850. The highest BCUT2D eigenvalue weighted by Gasteiger charge is 2.51. The fourth-order valence-electron chi connectivity index (χ4n) is 4.97. The van der Waals surface area contributed by atoms with E-state index in [9.17, 15) is 23.2 Å². The van der Waals surface area contributed by atoms with Crippen molar-refractivity contribution in [3.63, 3.8) is 0 Å². The third kappa shape index (κ3) is 5.40. The average molecular weight is 522 g/mol. The van der Waals surface area contributed by atoms with Crippen LogP contribution in [0.3, 0.4) is 0 Å². The summed E-state index contributed by atoms with van der Waals surface area (Å²) in [4.78, 5) is 38.8. The summed E-state index contributed by atoms with van der Waals surface area (Å²) < 4.78 is 25.8. The minimum atomic E-state index is -0.691. The minimum Gasteiger partial charge on any atom is -0.350 e. The molecule has 0 saturated heterocycles. The molecule has 2 aliphatic rings. The first kappa shape index (κ1) is 26.9. The van der Waals surface area contributed by atoms with Gasteiger partial charge in [0.15, 0.2) is 0 Å². The van der Waals surface area contributed by atoms with Crippen LogP contribution in [-0.2, 0) is 32.6 Å². The number of halogens is 2. The van der Waals surface area contributed by atoms with Crippen LogP contribution < -0.4 is 21.7 Å². The number of rotatable bonds is 6. The maximum absolute atomic E-state index is 12.9. The molecule has 3 aromatic rings. The van der Waals surface area contributed by atoms with Gasteiger partial charge in [0.1, 0.15) is 17.5 Å². The molecule has 3 amide bonds. The monoisotopic (exact) mass is 521 g/mol. The Morgan fingerprint density at radius 2 is 1.87 bits per heavy atom. The Morgan fingerprint density at radius 1 is 1.16 bits per heavy atom. The summed E-state index contributed by atoms with van der Waals surface area (Å²) in [6.07, 6.45) is 3.91. The molecule has 0 fully saturated rings. The Bertz CT molecular complexity index is 1360. The number of nitrogens with one attached hydrogen (secondary N) is 3. The topological polar surface area (TPSA) is 126 Å². The third-order valence-corrected chi connectivity index (χ3v) is 6.80. The fourth-order valence-corrected chi connectivity index (χ4v) is 4.97. The number of benzene rings is 2. The maximum Gasteiger partial charge on any atom is 0.237 e. The first-order chi connectivity index (χ1) is 18.2. The summed E-state index contributed by atoms with van der Waals surface area (Å²) in [6.45, 7) is 3.47. The van der Waals surface area contributed by atoms with E-state index in [1.54, 1.807) is 13.1 Å². The van der Waals surface area contributed by atoms with Crippen LogP contribution >= 0.6 is 0 Å². The van der Waals surface area contributed by atoms with Crippen LogP contribution in [0.2, 0.25) is 0 Å². The predicted molar refractivity (Wildman–Crippen MR) is 139 cm³/mol. The molecular weight excluding hydrogens is 492 g/mol. The first-order valence-electron chi connectivity index (χ1n) is 12.3. The molecule has 2 heterocycles. The Balaban J connectivity index is 0.000000196. The lowest BCUT2D eigenvalue weighted by atomic mass is 9.79. The van der Waals surface area contributed by atoms with Crippen molar-refractivity contribution in [2.24, 2.45) is 5.73 Å². The van der Waals surface area contributed by atoms with Gasteiger partial charge in [-0.05, 0) is 66.8 Å². The predicted octanol–water partition coefficient (Wildman–Crippen LogP) is 3.52. The number of anilines is 2. The van der Waals surface area contributed by atoms with Gasteiger partial charge in [-0.2, -0.15) is 0 Å². The van der Waals surface area contributed by atoms with Gasteiger partial charge in [0.2, 0.25) is 18.2 Å². The highest BCUT2D eigenvalue weighted by molar-refractivity contribution is 6.06. The summed E-state index contributed by atoms with van der Waals surface area (Å²) in [5.74, 6) is -0.705.